The molecular formula is C15H15N5O3. The molecule has 0 spiro atoms. The number of esters is 1. The summed E-state index contributed by atoms with van der Waals surface area (Å²) in [5.74, 6) is -0.528. The van der Waals surface area contributed by atoms with Crippen LogP contribution in [0.15, 0.2) is 35.4 Å². The largest absolute Gasteiger partial charge is 0.467 e. The monoisotopic (exact) mass is 313 g/mol. The van der Waals surface area contributed by atoms with Crippen molar-refractivity contribution in [3.63, 3.8) is 0 Å². The van der Waals surface area contributed by atoms with E-state index in [1.165, 1.54) is 22.7 Å². The van der Waals surface area contributed by atoms with E-state index in [1.54, 1.807) is 6.92 Å². The molecule has 0 aliphatic rings. The van der Waals surface area contributed by atoms with Crippen LogP contribution in [0.3, 0.4) is 0 Å². The van der Waals surface area contributed by atoms with Crippen LogP contribution >= 0.6 is 0 Å². The second kappa shape index (κ2) is 5.64. The molecule has 0 saturated carbocycles. The molecule has 0 amide bonds. The van der Waals surface area contributed by atoms with E-state index in [0.717, 1.165) is 11.3 Å². The SMILES string of the molecule is COC(=O)[C@H](C)n1cnc2c(nnn2-c2cccc(C)c2)c1=O. The van der Waals surface area contributed by atoms with Crippen LogP contribution in [0.2, 0.25) is 0 Å². The minimum absolute atomic E-state index is 0.102. The van der Waals surface area contributed by atoms with Crippen LogP contribution in [0.1, 0.15) is 18.5 Å². The molecule has 118 valence electrons. The van der Waals surface area contributed by atoms with Crippen molar-refractivity contribution in [3.8, 4) is 5.69 Å². The molecule has 0 unspecified atom stereocenters. The Hall–Kier alpha value is -3.03. The number of fused-ring (bicyclic) bond motifs is 1. The third kappa shape index (κ3) is 2.48. The van der Waals surface area contributed by atoms with Crippen LogP contribution < -0.4 is 5.56 Å². The molecule has 2 aromatic heterocycles. The van der Waals surface area contributed by atoms with Gasteiger partial charge in [0.15, 0.2) is 11.2 Å². The van der Waals surface area contributed by atoms with Gasteiger partial charge in [0.1, 0.15) is 12.4 Å². The number of benzene rings is 1. The van der Waals surface area contributed by atoms with E-state index in [-0.39, 0.29) is 5.52 Å². The second-order valence-electron chi connectivity index (χ2n) is 5.17. The zero-order chi connectivity index (χ0) is 16.6. The van der Waals surface area contributed by atoms with Gasteiger partial charge >= 0.3 is 5.97 Å². The Morgan fingerprint density at radius 1 is 1.35 bits per heavy atom. The molecule has 8 nitrogen and oxygen atoms in total. The summed E-state index contributed by atoms with van der Waals surface area (Å²) in [5, 5.41) is 7.93. The Balaban J connectivity index is 2.15. The fraction of sp³-hybridized carbons (Fsp3) is 0.267. The number of nitrogens with zero attached hydrogens (tertiary/aromatic N) is 5. The van der Waals surface area contributed by atoms with Crippen molar-refractivity contribution in [3.05, 3.63) is 46.5 Å². The highest BCUT2D eigenvalue weighted by atomic mass is 16.5. The van der Waals surface area contributed by atoms with Gasteiger partial charge in [-0.05, 0) is 31.5 Å². The summed E-state index contributed by atoms with van der Waals surface area (Å²) in [6, 6.07) is 6.83. The van der Waals surface area contributed by atoms with Crippen LogP contribution in [-0.4, -0.2) is 37.6 Å². The Labute approximate surface area is 131 Å². The minimum Gasteiger partial charge on any atom is -0.467 e. The lowest BCUT2D eigenvalue weighted by Crippen LogP contribution is -2.29. The van der Waals surface area contributed by atoms with Crippen LogP contribution in [0.25, 0.3) is 16.9 Å². The van der Waals surface area contributed by atoms with Gasteiger partial charge in [0, 0.05) is 0 Å². The summed E-state index contributed by atoms with van der Waals surface area (Å²) in [6.07, 6.45) is 1.31. The first-order chi connectivity index (χ1) is 11.0. The van der Waals surface area contributed by atoms with Crippen molar-refractivity contribution in [2.24, 2.45) is 0 Å². The maximum atomic E-state index is 12.5. The quantitative estimate of drug-likeness (QED) is 0.670. The molecular weight excluding hydrogens is 298 g/mol. The topological polar surface area (TPSA) is 91.9 Å². The van der Waals surface area contributed by atoms with Gasteiger partial charge in [-0.25, -0.2) is 9.78 Å². The van der Waals surface area contributed by atoms with Gasteiger partial charge < -0.3 is 4.74 Å². The average Bonchev–Trinajstić information content (AvgIpc) is 2.99. The molecule has 1 aromatic carbocycles. The third-order valence-corrected chi connectivity index (χ3v) is 3.59. The van der Waals surface area contributed by atoms with E-state index < -0.39 is 17.6 Å². The van der Waals surface area contributed by atoms with Gasteiger partial charge in [-0.3, -0.25) is 9.36 Å². The fourth-order valence-corrected chi connectivity index (χ4v) is 2.32. The fourth-order valence-electron chi connectivity index (χ4n) is 2.32. The highest BCUT2D eigenvalue weighted by molar-refractivity contribution is 5.75. The predicted molar refractivity (Wildman–Crippen MR) is 82.4 cm³/mol. The molecule has 23 heavy (non-hydrogen) atoms. The van der Waals surface area contributed by atoms with Gasteiger partial charge in [0.2, 0.25) is 0 Å². The molecule has 0 fully saturated rings. The minimum atomic E-state index is -0.784. The highest BCUT2D eigenvalue weighted by Gasteiger charge is 2.20. The van der Waals surface area contributed by atoms with Gasteiger partial charge in [-0.1, -0.05) is 17.3 Å². The number of aromatic nitrogens is 5. The molecule has 0 aliphatic carbocycles. The molecule has 2 heterocycles. The number of ether oxygens (including phenoxy) is 1. The lowest BCUT2D eigenvalue weighted by Gasteiger charge is -2.11. The molecule has 3 aromatic rings. The molecule has 0 saturated heterocycles. The van der Waals surface area contributed by atoms with Gasteiger partial charge in [0.25, 0.3) is 5.56 Å². The van der Waals surface area contributed by atoms with Crippen molar-refractivity contribution < 1.29 is 9.53 Å². The summed E-state index contributed by atoms with van der Waals surface area (Å²) in [7, 11) is 1.27. The first kappa shape index (κ1) is 14.9. The Kier molecular flexibility index (Phi) is 3.65. The summed E-state index contributed by atoms with van der Waals surface area (Å²) in [4.78, 5) is 28.4. The summed E-state index contributed by atoms with van der Waals surface area (Å²) >= 11 is 0. The number of aryl methyl sites for hydroxylation is 1. The van der Waals surface area contributed by atoms with Crippen LogP contribution in [0.5, 0.6) is 0 Å². The summed E-state index contributed by atoms with van der Waals surface area (Å²) in [6.45, 7) is 3.52. The van der Waals surface area contributed by atoms with Gasteiger partial charge in [-0.15, -0.1) is 5.10 Å². The molecule has 8 heteroatoms. The average molecular weight is 313 g/mol. The van der Waals surface area contributed by atoms with Crippen molar-refractivity contribution in [2.45, 2.75) is 19.9 Å². The number of methoxy groups -OCH3 is 1. The molecule has 0 bridgehead atoms. The van der Waals surface area contributed by atoms with Crippen LogP contribution in [-0.2, 0) is 9.53 Å². The summed E-state index contributed by atoms with van der Waals surface area (Å²) in [5.41, 5.74) is 1.82. The zero-order valence-electron chi connectivity index (χ0n) is 12.9. The highest BCUT2D eigenvalue weighted by Crippen LogP contribution is 2.14. The number of carbonyl (C=O) groups excluding carboxylic acids is 1. The normalized spacial score (nSPS) is 12.3. The van der Waals surface area contributed by atoms with Crippen LogP contribution in [0.4, 0.5) is 0 Å². The van der Waals surface area contributed by atoms with Crippen molar-refractivity contribution in [1.82, 2.24) is 24.5 Å². The molecule has 0 N–H and O–H groups in total. The van der Waals surface area contributed by atoms with Crippen molar-refractivity contribution in [1.29, 1.82) is 0 Å². The lowest BCUT2D eigenvalue weighted by atomic mass is 10.2. The first-order valence-electron chi connectivity index (χ1n) is 7.00. The van der Waals surface area contributed by atoms with E-state index in [9.17, 15) is 9.59 Å². The van der Waals surface area contributed by atoms with Crippen molar-refractivity contribution >= 4 is 17.1 Å². The maximum Gasteiger partial charge on any atom is 0.328 e. The first-order valence-corrected chi connectivity index (χ1v) is 7.00. The Morgan fingerprint density at radius 3 is 2.83 bits per heavy atom. The molecule has 0 radical (unpaired) electrons. The van der Waals surface area contributed by atoms with Gasteiger partial charge in [0.05, 0.1) is 12.8 Å². The van der Waals surface area contributed by atoms with E-state index in [1.807, 2.05) is 31.2 Å². The van der Waals surface area contributed by atoms with Gasteiger partial charge in [-0.2, -0.15) is 4.68 Å². The molecule has 1 atom stereocenters. The Bertz CT molecular complexity index is 944. The maximum absolute atomic E-state index is 12.5. The number of hydrogen-bond donors (Lipinski definition) is 0. The van der Waals surface area contributed by atoms with Crippen LogP contribution in [0, 0.1) is 6.92 Å². The van der Waals surface area contributed by atoms with Crippen molar-refractivity contribution in [2.75, 3.05) is 7.11 Å². The number of rotatable bonds is 3. The summed E-state index contributed by atoms with van der Waals surface area (Å²) < 4.78 is 7.33. The third-order valence-electron chi connectivity index (χ3n) is 3.59. The second-order valence-corrected chi connectivity index (χ2v) is 5.17. The lowest BCUT2D eigenvalue weighted by molar-refractivity contribution is -0.144. The number of carbonyl (C=O) groups is 1. The van der Waals surface area contributed by atoms with E-state index in [4.69, 9.17) is 0 Å². The predicted octanol–water partition coefficient (Wildman–Crippen LogP) is 1.02. The van der Waals surface area contributed by atoms with E-state index >= 15 is 0 Å². The molecule has 3 rings (SSSR count). The van der Waals surface area contributed by atoms with E-state index in [0.29, 0.717) is 5.65 Å². The Morgan fingerprint density at radius 2 is 2.13 bits per heavy atom. The smallest absolute Gasteiger partial charge is 0.328 e. The number of hydrogen-bond acceptors (Lipinski definition) is 6. The van der Waals surface area contributed by atoms with E-state index in [2.05, 4.69) is 20.0 Å². The zero-order valence-corrected chi connectivity index (χ0v) is 12.9. The molecule has 0 aliphatic heterocycles. The standard InChI is InChI=1S/C15H15N5O3/c1-9-5-4-6-11(7-9)20-13-12(17-18-20)14(21)19(8-16-13)10(2)15(22)23-3/h4-8,10H,1-3H3/t10-/m0/s1.